The zero-order valence-corrected chi connectivity index (χ0v) is 11.0. The third-order valence-electron chi connectivity index (χ3n) is 2.68. The van der Waals surface area contributed by atoms with E-state index in [0.29, 0.717) is 5.56 Å². The molecule has 0 heterocycles. The van der Waals surface area contributed by atoms with Gasteiger partial charge in [0.25, 0.3) is 0 Å². The first-order chi connectivity index (χ1) is 10.2. The number of nitriles is 1. The fourth-order valence-electron chi connectivity index (χ4n) is 1.56. The molecule has 0 aliphatic carbocycles. The van der Waals surface area contributed by atoms with Gasteiger partial charge in [-0.25, -0.2) is 4.79 Å². The first kappa shape index (κ1) is 14.2. The monoisotopic (exact) mass is 277 g/mol. The van der Waals surface area contributed by atoms with Gasteiger partial charge in [0, 0.05) is 0 Å². The van der Waals surface area contributed by atoms with Crippen molar-refractivity contribution in [2.24, 2.45) is 10.2 Å². The molecule has 0 aliphatic heterocycles. The number of nitrogens with zero attached hydrogens (tertiary/aromatic N) is 3. The number of hydrogen-bond acceptors (Lipinski definition) is 4. The molecule has 0 atom stereocenters. The van der Waals surface area contributed by atoms with Crippen molar-refractivity contribution in [3.8, 4) is 6.07 Å². The molecule has 0 amide bonds. The van der Waals surface area contributed by atoms with E-state index in [9.17, 15) is 4.79 Å². The summed E-state index contributed by atoms with van der Waals surface area (Å²) in [5.41, 5.74) is 2.42. The van der Waals surface area contributed by atoms with E-state index >= 15 is 0 Å². The summed E-state index contributed by atoms with van der Waals surface area (Å²) in [5.74, 6) is -0.961. The zero-order valence-electron chi connectivity index (χ0n) is 11.0. The third kappa shape index (κ3) is 4.11. The number of carboxylic acid groups (broad SMARTS) is 1. The molecule has 0 saturated heterocycles. The van der Waals surface area contributed by atoms with Crippen LogP contribution in [-0.4, -0.2) is 23.5 Å². The second-order valence-corrected chi connectivity index (χ2v) is 4.15. The maximum absolute atomic E-state index is 10.7. The molecule has 0 saturated carbocycles. The van der Waals surface area contributed by atoms with E-state index in [1.54, 1.807) is 42.6 Å². The molecule has 0 radical (unpaired) electrons. The first-order valence-corrected chi connectivity index (χ1v) is 6.09. The summed E-state index contributed by atoms with van der Waals surface area (Å²) in [7, 11) is 0. The lowest BCUT2D eigenvalue weighted by Crippen LogP contribution is -1.95. The highest BCUT2D eigenvalue weighted by molar-refractivity contribution is 5.89. The molecule has 1 N–H and O–H groups in total. The lowest BCUT2D eigenvalue weighted by Gasteiger charge is -1.94. The fourth-order valence-corrected chi connectivity index (χ4v) is 1.56. The van der Waals surface area contributed by atoms with Gasteiger partial charge < -0.3 is 5.11 Å². The van der Waals surface area contributed by atoms with Crippen LogP contribution in [0.25, 0.3) is 0 Å². The molecule has 2 aromatic carbocycles. The molecule has 102 valence electrons. The molecule has 0 fully saturated rings. The molecule has 21 heavy (non-hydrogen) atoms. The Kier molecular flexibility index (Phi) is 4.57. The van der Waals surface area contributed by atoms with E-state index in [2.05, 4.69) is 10.2 Å². The number of aromatic carboxylic acids is 1. The van der Waals surface area contributed by atoms with Crippen LogP contribution in [0, 0.1) is 11.3 Å². The van der Waals surface area contributed by atoms with Crippen LogP contribution in [0.5, 0.6) is 0 Å². The van der Waals surface area contributed by atoms with Gasteiger partial charge in [-0.15, -0.1) is 0 Å². The highest BCUT2D eigenvalue weighted by atomic mass is 16.4. The van der Waals surface area contributed by atoms with Gasteiger partial charge in [0.05, 0.1) is 29.6 Å². The van der Waals surface area contributed by atoms with Crippen LogP contribution in [0.3, 0.4) is 0 Å². The lowest BCUT2D eigenvalue weighted by atomic mass is 10.1. The number of carboxylic acids is 1. The second-order valence-electron chi connectivity index (χ2n) is 4.15. The molecular formula is C16H11N3O2. The smallest absolute Gasteiger partial charge is 0.335 e. The van der Waals surface area contributed by atoms with Crippen LogP contribution in [0.4, 0.5) is 0 Å². The molecule has 0 spiro atoms. The Bertz CT molecular complexity index is 724. The second kappa shape index (κ2) is 6.78. The van der Waals surface area contributed by atoms with E-state index in [1.807, 2.05) is 6.07 Å². The number of rotatable bonds is 4. The minimum Gasteiger partial charge on any atom is -0.478 e. The van der Waals surface area contributed by atoms with Gasteiger partial charge in [0.2, 0.25) is 0 Å². The Balaban J connectivity index is 1.99. The van der Waals surface area contributed by atoms with Crippen LogP contribution in [-0.2, 0) is 0 Å². The van der Waals surface area contributed by atoms with Gasteiger partial charge in [-0.1, -0.05) is 24.3 Å². The molecular weight excluding hydrogens is 266 g/mol. The fraction of sp³-hybridized carbons (Fsp3) is 0. The Morgan fingerprint density at radius 1 is 0.952 bits per heavy atom. The average molecular weight is 277 g/mol. The Morgan fingerprint density at radius 2 is 1.43 bits per heavy atom. The van der Waals surface area contributed by atoms with Gasteiger partial charge in [-0.05, 0) is 35.4 Å². The molecule has 5 nitrogen and oxygen atoms in total. The van der Waals surface area contributed by atoms with Gasteiger partial charge in [0.1, 0.15) is 0 Å². The average Bonchev–Trinajstić information content (AvgIpc) is 2.52. The van der Waals surface area contributed by atoms with Crippen LogP contribution in [0.2, 0.25) is 0 Å². The standard InChI is InChI=1S/C16H11N3O2/c17-9-12-1-3-13(4-2-12)10-18-19-11-14-5-7-15(8-6-14)16(20)21/h1-8,10-11H,(H,20,21)/b18-10+,19-11+. The molecule has 0 aliphatic rings. The highest BCUT2D eigenvalue weighted by Crippen LogP contribution is 2.03. The maximum atomic E-state index is 10.7. The Hall–Kier alpha value is -3.26. The summed E-state index contributed by atoms with van der Waals surface area (Å²) in [5, 5.41) is 25.2. The molecule has 0 bridgehead atoms. The molecule has 5 heteroatoms. The summed E-state index contributed by atoms with van der Waals surface area (Å²) in [6, 6.07) is 15.3. The Morgan fingerprint density at radius 3 is 1.86 bits per heavy atom. The van der Waals surface area contributed by atoms with Crippen LogP contribution in [0.1, 0.15) is 27.0 Å². The number of benzene rings is 2. The Labute approximate surface area is 121 Å². The van der Waals surface area contributed by atoms with Crippen LogP contribution in [0.15, 0.2) is 58.7 Å². The quantitative estimate of drug-likeness (QED) is 0.688. The summed E-state index contributed by atoms with van der Waals surface area (Å²) >= 11 is 0. The van der Waals surface area contributed by atoms with E-state index in [-0.39, 0.29) is 5.56 Å². The minimum absolute atomic E-state index is 0.230. The van der Waals surface area contributed by atoms with Crippen molar-refractivity contribution in [1.29, 1.82) is 5.26 Å². The summed E-state index contributed by atoms with van der Waals surface area (Å²) in [6.07, 6.45) is 3.11. The van der Waals surface area contributed by atoms with Crippen molar-refractivity contribution in [2.75, 3.05) is 0 Å². The molecule has 0 unspecified atom stereocenters. The van der Waals surface area contributed by atoms with Gasteiger partial charge in [0.15, 0.2) is 0 Å². The van der Waals surface area contributed by atoms with Gasteiger partial charge in [-0.3, -0.25) is 0 Å². The van der Waals surface area contributed by atoms with Crippen molar-refractivity contribution in [2.45, 2.75) is 0 Å². The van der Waals surface area contributed by atoms with Crippen molar-refractivity contribution in [1.82, 2.24) is 0 Å². The molecule has 0 aromatic heterocycles. The van der Waals surface area contributed by atoms with E-state index in [4.69, 9.17) is 10.4 Å². The molecule has 2 rings (SSSR count). The van der Waals surface area contributed by atoms with Crippen molar-refractivity contribution in [3.63, 3.8) is 0 Å². The summed E-state index contributed by atoms with van der Waals surface area (Å²) in [4.78, 5) is 10.7. The summed E-state index contributed by atoms with van der Waals surface area (Å²) in [6.45, 7) is 0. The number of hydrogen-bond donors (Lipinski definition) is 1. The van der Waals surface area contributed by atoms with Gasteiger partial charge >= 0.3 is 5.97 Å². The largest absolute Gasteiger partial charge is 0.478 e. The molecule has 2 aromatic rings. The normalized spacial score (nSPS) is 10.8. The van der Waals surface area contributed by atoms with Crippen LogP contribution < -0.4 is 0 Å². The zero-order chi connectivity index (χ0) is 15.1. The van der Waals surface area contributed by atoms with Crippen molar-refractivity contribution < 1.29 is 9.90 Å². The predicted molar refractivity (Wildman–Crippen MR) is 79.7 cm³/mol. The maximum Gasteiger partial charge on any atom is 0.335 e. The SMILES string of the molecule is N#Cc1ccc(/C=N/N=C/c2ccc(C(=O)O)cc2)cc1. The van der Waals surface area contributed by atoms with Crippen LogP contribution >= 0.6 is 0 Å². The third-order valence-corrected chi connectivity index (χ3v) is 2.68. The first-order valence-electron chi connectivity index (χ1n) is 6.09. The van der Waals surface area contributed by atoms with Crippen molar-refractivity contribution in [3.05, 3.63) is 70.8 Å². The van der Waals surface area contributed by atoms with E-state index in [0.717, 1.165) is 11.1 Å². The predicted octanol–water partition coefficient (Wildman–Crippen LogP) is 2.71. The minimum atomic E-state index is -0.961. The lowest BCUT2D eigenvalue weighted by molar-refractivity contribution is 0.0697. The topological polar surface area (TPSA) is 85.8 Å². The van der Waals surface area contributed by atoms with E-state index in [1.165, 1.54) is 18.3 Å². The summed E-state index contributed by atoms with van der Waals surface area (Å²) < 4.78 is 0. The van der Waals surface area contributed by atoms with E-state index < -0.39 is 5.97 Å². The number of carbonyl (C=O) groups is 1. The van der Waals surface area contributed by atoms with Crippen molar-refractivity contribution >= 4 is 18.4 Å². The highest BCUT2D eigenvalue weighted by Gasteiger charge is 1.99. The van der Waals surface area contributed by atoms with Gasteiger partial charge in [-0.2, -0.15) is 15.5 Å².